The van der Waals surface area contributed by atoms with Crippen molar-refractivity contribution in [1.29, 1.82) is 0 Å². The zero-order chi connectivity index (χ0) is 16.8. The highest BCUT2D eigenvalue weighted by atomic mass is 35.5. The highest BCUT2D eigenvalue weighted by molar-refractivity contribution is 6.86. The highest BCUT2D eigenvalue weighted by Crippen LogP contribution is 2.38. The molecule has 1 aliphatic carbocycles. The molecule has 1 aliphatic heterocycles. The Morgan fingerprint density at radius 3 is 2.25 bits per heavy atom. The lowest BCUT2D eigenvalue weighted by Crippen LogP contribution is -2.53. The molecule has 0 bridgehead atoms. The topological polar surface area (TPSA) is 23.5 Å². The van der Waals surface area contributed by atoms with E-state index in [1.54, 1.807) is 0 Å². The summed E-state index contributed by atoms with van der Waals surface area (Å²) in [7, 11) is -2.42. The van der Waals surface area contributed by atoms with Crippen LogP contribution in [0.4, 0.5) is 0 Å². The van der Waals surface area contributed by atoms with Crippen LogP contribution < -0.4 is 5.19 Å². The van der Waals surface area contributed by atoms with Gasteiger partial charge in [-0.1, -0.05) is 62.3 Å². The van der Waals surface area contributed by atoms with Crippen molar-refractivity contribution in [3.05, 3.63) is 29.3 Å². The first-order valence-electron chi connectivity index (χ1n) is 9.89. The van der Waals surface area contributed by atoms with E-state index in [4.69, 9.17) is 11.6 Å². The summed E-state index contributed by atoms with van der Waals surface area (Å²) in [6, 6.07) is 9.13. The van der Waals surface area contributed by atoms with E-state index in [1.165, 1.54) is 69.6 Å². The molecule has 0 aromatic heterocycles. The number of halogens is 1. The minimum absolute atomic E-state index is 0.536. The molecular weight excluding hydrogens is 334 g/mol. The lowest BCUT2D eigenvalue weighted by molar-refractivity contribution is 0.228. The lowest BCUT2D eigenvalue weighted by Gasteiger charge is -2.37. The first kappa shape index (κ1) is 18.4. The van der Waals surface area contributed by atoms with Crippen LogP contribution in [0.5, 0.6) is 0 Å². The summed E-state index contributed by atoms with van der Waals surface area (Å²) in [6.07, 6.45) is 11.6. The van der Waals surface area contributed by atoms with E-state index in [9.17, 15) is 4.80 Å². The predicted octanol–water partition coefficient (Wildman–Crippen LogP) is 4.70. The van der Waals surface area contributed by atoms with Gasteiger partial charge in [0.15, 0.2) is 0 Å². The Labute approximate surface area is 153 Å². The maximum Gasteiger partial charge on any atom is 0.223 e. The molecule has 0 unspecified atom stereocenters. The molecular formula is C20H32ClNOSi. The van der Waals surface area contributed by atoms with Crippen molar-refractivity contribution in [1.82, 2.24) is 4.90 Å². The van der Waals surface area contributed by atoms with Gasteiger partial charge < -0.3 is 9.70 Å². The van der Waals surface area contributed by atoms with Gasteiger partial charge in [0.25, 0.3) is 0 Å². The van der Waals surface area contributed by atoms with Crippen molar-refractivity contribution in [2.75, 3.05) is 19.6 Å². The minimum atomic E-state index is -2.42. The van der Waals surface area contributed by atoms with E-state index in [0.717, 1.165) is 24.0 Å². The SMILES string of the molecule is O[Si@@](CCCN1CCCCC1)(c1ccc(Cl)cc1)C1CCCCC1. The summed E-state index contributed by atoms with van der Waals surface area (Å²) in [5.74, 6) is 0. The number of piperidine rings is 1. The van der Waals surface area contributed by atoms with E-state index < -0.39 is 8.32 Å². The molecule has 2 nitrogen and oxygen atoms in total. The Morgan fingerprint density at radius 2 is 1.58 bits per heavy atom. The molecule has 24 heavy (non-hydrogen) atoms. The van der Waals surface area contributed by atoms with E-state index in [1.807, 2.05) is 12.1 Å². The first-order chi connectivity index (χ1) is 11.7. The molecule has 1 aromatic carbocycles. The zero-order valence-corrected chi connectivity index (χ0v) is 16.6. The maximum atomic E-state index is 11.8. The van der Waals surface area contributed by atoms with Crippen molar-refractivity contribution in [3.8, 4) is 0 Å². The van der Waals surface area contributed by atoms with Crippen molar-refractivity contribution < 1.29 is 4.80 Å². The third kappa shape index (κ3) is 4.63. The second-order valence-corrected chi connectivity index (χ2v) is 12.0. The summed E-state index contributed by atoms with van der Waals surface area (Å²) >= 11 is 6.08. The smallest absolute Gasteiger partial charge is 0.223 e. The lowest BCUT2D eigenvalue weighted by atomic mass is 10.0. The van der Waals surface area contributed by atoms with Crippen LogP contribution in [0.25, 0.3) is 0 Å². The maximum absolute atomic E-state index is 11.8. The van der Waals surface area contributed by atoms with Gasteiger partial charge in [0.1, 0.15) is 0 Å². The minimum Gasteiger partial charge on any atom is -0.427 e. The Bertz CT molecular complexity index is 497. The molecule has 1 heterocycles. The quantitative estimate of drug-likeness (QED) is 0.739. The normalized spacial score (nSPS) is 23.1. The molecule has 1 N–H and O–H groups in total. The van der Waals surface area contributed by atoms with Gasteiger partial charge >= 0.3 is 0 Å². The Morgan fingerprint density at radius 1 is 0.958 bits per heavy atom. The molecule has 0 amide bonds. The summed E-state index contributed by atoms with van der Waals surface area (Å²) in [6.45, 7) is 3.67. The fraction of sp³-hybridized carbons (Fsp3) is 0.700. The third-order valence-electron chi connectivity index (χ3n) is 6.11. The summed E-state index contributed by atoms with van der Waals surface area (Å²) in [5, 5.41) is 1.98. The standard InChI is InChI=1S/C20H32ClNOSi/c21-18-10-12-20(13-11-18)24(23,19-8-3-1-4-9-19)17-7-16-22-14-5-2-6-15-22/h10-13,19,23H,1-9,14-17H2/t24-/m1/s1. The van der Waals surface area contributed by atoms with Crippen LogP contribution in [0.3, 0.4) is 0 Å². The number of benzene rings is 1. The van der Waals surface area contributed by atoms with Gasteiger partial charge in [-0.15, -0.1) is 0 Å². The van der Waals surface area contributed by atoms with E-state index in [2.05, 4.69) is 17.0 Å². The van der Waals surface area contributed by atoms with Gasteiger partial charge in [-0.05, 0) is 67.8 Å². The first-order valence-corrected chi connectivity index (χ1v) is 12.5. The molecule has 0 radical (unpaired) electrons. The number of rotatable bonds is 6. The largest absolute Gasteiger partial charge is 0.427 e. The van der Waals surface area contributed by atoms with Crippen molar-refractivity contribution in [2.45, 2.75) is 69.4 Å². The Kier molecular flexibility index (Phi) is 6.79. The van der Waals surface area contributed by atoms with Crippen LogP contribution in [-0.2, 0) is 0 Å². The summed E-state index contributed by atoms with van der Waals surface area (Å²) in [4.78, 5) is 14.4. The molecule has 0 spiro atoms. The van der Waals surface area contributed by atoms with Crippen molar-refractivity contribution in [3.63, 3.8) is 0 Å². The number of nitrogens with zero attached hydrogens (tertiary/aromatic N) is 1. The molecule has 3 rings (SSSR count). The fourth-order valence-electron chi connectivity index (χ4n) is 4.66. The van der Waals surface area contributed by atoms with Crippen molar-refractivity contribution in [2.24, 2.45) is 0 Å². The van der Waals surface area contributed by atoms with Gasteiger partial charge in [-0.25, -0.2) is 0 Å². The molecule has 2 fully saturated rings. The predicted molar refractivity (Wildman–Crippen MR) is 106 cm³/mol. The van der Waals surface area contributed by atoms with Crippen molar-refractivity contribution >= 4 is 25.1 Å². The third-order valence-corrected chi connectivity index (χ3v) is 10.7. The van der Waals surface area contributed by atoms with Gasteiger partial charge in [-0.3, -0.25) is 0 Å². The Hall–Kier alpha value is -0.353. The monoisotopic (exact) mass is 365 g/mol. The van der Waals surface area contributed by atoms with E-state index >= 15 is 0 Å². The van der Waals surface area contributed by atoms with Crippen LogP contribution >= 0.6 is 11.6 Å². The second kappa shape index (κ2) is 8.84. The average molecular weight is 366 g/mol. The molecule has 4 heteroatoms. The molecule has 1 saturated carbocycles. The van der Waals surface area contributed by atoms with E-state index in [-0.39, 0.29) is 0 Å². The highest BCUT2D eigenvalue weighted by Gasteiger charge is 2.41. The summed E-state index contributed by atoms with van der Waals surface area (Å²) < 4.78 is 0. The van der Waals surface area contributed by atoms with Gasteiger partial charge in [-0.2, -0.15) is 0 Å². The zero-order valence-electron chi connectivity index (χ0n) is 14.9. The molecule has 1 atom stereocenters. The Balaban J connectivity index is 1.67. The van der Waals surface area contributed by atoms with Crippen LogP contribution in [0.2, 0.25) is 16.6 Å². The molecule has 134 valence electrons. The molecule has 1 saturated heterocycles. The van der Waals surface area contributed by atoms with Gasteiger partial charge in [0, 0.05) is 5.02 Å². The van der Waals surface area contributed by atoms with Crippen LogP contribution in [0, 0.1) is 0 Å². The second-order valence-electron chi connectivity index (χ2n) is 7.77. The van der Waals surface area contributed by atoms with E-state index in [0.29, 0.717) is 5.54 Å². The number of hydrogen-bond acceptors (Lipinski definition) is 2. The molecule has 2 aliphatic rings. The van der Waals surface area contributed by atoms with Crippen LogP contribution in [0.15, 0.2) is 24.3 Å². The molecule has 1 aromatic rings. The average Bonchev–Trinajstić information content (AvgIpc) is 2.64. The number of likely N-dealkylation sites (tertiary alicyclic amines) is 1. The van der Waals surface area contributed by atoms with Crippen LogP contribution in [-0.4, -0.2) is 37.6 Å². The van der Waals surface area contributed by atoms with Gasteiger partial charge in [0.05, 0.1) is 0 Å². The fourth-order valence-corrected chi connectivity index (χ4v) is 8.76. The number of hydrogen-bond donors (Lipinski definition) is 1. The van der Waals surface area contributed by atoms with Gasteiger partial charge in [0.2, 0.25) is 8.32 Å². The van der Waals surface area contributed by atoms with Crippen LogP contribution in [0.1, 0.15) is 57.8 Å². The summed E-state index contributed by atoms with van der Waals surface area (Å²) in [5.41, 5.74) is 0.536.